The molecule has 1 amide bonds. The first-order chi connectivity index (χ1) is 23.7. The normalized spacial score (nSPS) is 15.8. The Morgan fingerprint density at radius 1 is 1.02 bits per heavy atom. The van der Waals surface area contributed by atoms with Crippen molar-refractivity contribution >= 4 is 62.9 Å². The minimum Gasteiger partial charge on any atom is -0.505 e. The molecule has 49 heavy (non-hydrogen) atoms. The number of carbonyl (C=O) groups is 2. The van der Waals surface area contributed by atoms with Crippen molar-refractivity contribution in [3.8, 4) is 11.5 Å². The average molecular weight is 718 g/mol. The molecule has 0 aliphatic carbocycles. The van der Waals surface area contributed by atoms with E-state index in [0.717, 1.165) is 30.4 Å². The maximum Gasteiger partial charge on any atom is 0.301 e. The Balaban J connectivity index is 1.45. The van der Waals surface area contributed by atoms with E-state index in [-0.39, 0.29) is 22.2 Å². The van der Waals surface area contributed by atoms with Crippen molar-refractivity contribution in [2.24, 2.45) is 0 Å². The van der Waals surface area contributed by atoms with Gasteiger partial charge < -0.3 is 19.0 Å². The first-order valence-electron chi connectivity index (χ1n) is 16.1. The number of hydrogen-bond acceptors (Lipinski definition) is 10. The second kappa shape index (κ2) is 15.0. The highest BCUT2D eigenvalue weighted by molar-refractivity contribution is 8.00. The van der Waals surface area contributed by atoms with Crippen LogP contribution in [0.4, 0.5) is 5.13 Å². The van der Waals surface area contributed by atoms with E-state index in [1.165, 1.54) is 28.0 Å². The van der Waals surface area contributed by atoms with Gasteiger partial charge >= 0.3 is 5.91 Å². The van der Waals surface area contributed by atoms with Gasteiger partial charge in [-0.3, -0.25) is 14.5 Å². The number of fused-ring (bicyclic) bond motifs is 1. The highest BCUT2D eigenvalue weighted by Gasteiger charge is 2.49. The van der Waals surface area contributed by atoms with E-state index in [1.807, 2.05) is 67.8 Å². The Kier molecular flexibility index (Phi) is 10.6. The summed E-state index contributed by atoms with van der Waals surface area (Å²) in [5.41, 5.74) is 3.74. The van der Waals surface area contributed by atoms with Crippen LogP contribution in [-0.2, 0) is 15.3 Å². The number of ketones is 1. The highest BCUT2D eigenvalue weighted by Crippen LogP contribution is 2.46. The zero-order valence-electron chi connectivity index (χ0n) is 27.6. The van der Waals surface area contributed by atoms with Crippen molar-refractivity contribution in [1.82, 2.24) is 19.6 Å². The monoisotopic (exact) mass is 717 g/mol. The Bertz CT molecular complexity index is 2060. The molecule has 0 spiro atoms. The number of pyridine rings is 1. The largest absolute Gasteiger partial charge is 0.505 e. The van der Waals surface area contributed by atoms with Crippen LogP contribution < -0.4 is 14.4 Å². The second-order valence-electron chi connectivity index (χ2n) is 11.5. The third kappa shape index (κ3) is 6.90. The number of halogens is 1. The predicted molar refractivity (Wildman–Crippen MR) is 193 cm³/mol. The van der Waals surface area contributed by atoms with Crippen LogP contribution in [0.5, 0.6) is 11.5 Å². The number of hydrogen-bond donors (Lipinski definition) is 1. The van der Waals surface area contributed by atoms with E-state index >= 15 is 0 Å². The Morgan fingerprint density at radius 2 is 1.84 bits per heavy atom. The number of aliphatic hydroxyl groups is 1. The first kappa shape index (κ1) is 34.5. The van der Waals surface area contributed by atoms with Crippen molar-refractivity contribution in [1.29, 1.82) is 0 Å². The maximum atomic E-state index is 14.0. The van der Waals surface area contributed by atoms with Crippen molar-refractivity contribution in [3.05, 3.63) is 99.5 Å². The van der Waals surface area contributed by atoms with E-state index in [4.69, 9.17) is 26.1 Å². The van der Waals surface area contributed by atoms with Crippen molar-refractivity contribution in [3.63, 3.8) is 0 Å². The predicted octanol–water partition coefficient (Wildman–Crippen LogP) is 8.34. The highest BCUT2D eigenvalue weighted by atomic mass is 35.5. The summed E-state index contributed by atoms with van der Waals surface area (Å²) in [5, 5.41) is 21.4. The average Bonchev–Trinajstić information content (AvgIpc) is 3.78. The summed E-state index contributed by atoms with van der Waals surface area (Å²) in [7, 11) is 0. The fourth-order valence-electron chi connectivity index (χ4n) is 5.75. The molecule has 3 aromatic heterocycles. The summed E-state index contributed by atoms with van der Waals surface area (Å²) >= 11 is 8.97. The third-order valence-corrected chi connectivity index (χ3v) is 10.7. The lowest BCUT2D eigenvalue weighted by Crippen LogP contribution is -2.29. The number of anilines is 1. The van der Waals surface area contributed by atoms with Gasteiger partial charge in [-0.15, -0.1) is 10.2 Å². The number of aromatic nitrogens is 4. The lowest BCUT2D eigenvalue weighted by atomic mass is 9.96. The number of unbranched alkanes of at least 4 members (excludes halogenated alkanes) is 2. The van der Waals surface area contributed by atoms with Gasteiger partial charge in [0.2, 0.25) is 5.13 Å². The van der Waals surface area contributed by atoms with E-state index in [9.17, 15) is 14.7 Å². The Morgan fingerprint density at radius 3 is 2.59 bits per heavy atom. The van der Waals surface area contributed by atoms with Gasteiger partial charge in [-0.05, 0) is 68.1 Å². The molecule has 10 nitrogen and oxygen atoms in total. The number of imidazole rings is 1. The van der Waals surface area contributed by atoms with Gasteiger partial charge in [0.1, 0.15) is 11.3 Å². The van der Waals surface area contributed by atoms with Gasteiger partial charge in [0.15, 0.2) is 21.6 Å². The number of ether oxygens (including phenoxy) is 2. The number of Topliss-reactive ketones (excluding diaryl/α,β-unsaturated/α-hetero) is 1. The van der Waals surface area contributed by atoms with Crippen LogP contribution in [0.1, 0.15) is 67.2 Å². The summed E-state index contributed by atoms with van der Waals surface area (Å²) < 4.78 is 14.5. The molecule has 1 N–H and O–H groups in total. The molecule has 1 saturated heterocycles. The van der Waals surface area contributed by atoms with Crippen molar-refractivity contribution in [2.45, 2.75) is 63.1 Å². The van der Waals surface area contributed by atoms with Gasteiger partial charge in [-0.2, -0.15) is 0 Å². The van der Waals surface area contributed by atoms with Gasteiger partial charge in [-0.1, -0.05) is 84.8 Å². The number of nitrogens with zero attached hydrogens (tertiary/aromatic N) is 5. The van der Waals surface area contributed by atoms with Crippen LogP contribution in [0.2, 0.25) is 5.02 Å². The smallest absolute Gasteiger partial charge is 0.301 e. The lowest BCUT2D eigenvalue weighted by molar-refractivity contribution is -0.132. The fourth-order valence-corrected chi connectivity index (χ4v) is 7.90. The Labute approximate surface area is 297 Å². The topological polar surface area (TPSA) is 119 Å². The van der Waals surface area contributed by atoms with E-state index in [2.05, 4.69) is 17.1 Å². The quantitative estimate of drug-likeness (QED) is 0.0320. The van der Waals surface area contributed by atoms with Crippen LogP contribution in [0.3, 0.4) is 0 Å². The molecule has 4 heterocycles. The van der Waals surface area contributed by atoms with Crippen LogP contribution in [0.25, 0.3) is 11.4 Å². The lowest BCUT2D eigenvalue weighted by Gasteiger charge is -2.23. The van der Waals surface area contributed by atoms with E-state index in [0.29, 0.717) is 56.7 Å². The molecule has 0 saturated carbocycles. The zero-order valence-corrected chi connectivity index (χ0v) is 30.0. The minimum absolute atomic E-state index is 0.103. The standard InChI is InChI=1S/C36H36ClN5O5S2/c1-5-7-10-18-47-26-16-15-23(19-27(26)46-6-2)30-28(31(43)29-22(4)41-17-11-12-21(3)33(41)38-29)32(44)34(45)42(30)35-39-40-36(49-35)48-20-24-13-8-9-14-25(24)37/h8-9,11-17,19,30,43H,5-7,10,18,20H2,1-4H3. The molecule has 0 bridgehead atoms. The molecule has 1 unspecified atom stereocenters. The van der Waals surface area contributed by atoms with Crippen molar-refractivity contribution in [2.75, 3.05) is 18.1 Å². The van der Waals surface area contributed by atoms with Gasteiger partial charge in [0.05, 0.1) is 30.5 Å². The summed E-state index contributed by atoms with van der Waals surface area (Å²) in [6.07, 6.45) is 4.85. The van der Waals surface area contributed by atoms with Gasteiger partial charge in [-0.25, -0.2) is 4.98 Å². The van der Waals surface area contributed by atoms with E-state index < -0.39 is 17.7 Å². The maximum absolute atomic E-state index is 14.0. The molecule has 0 radical (unpaired) electrons. The van der Waals surface area contributed by atoms with Crippen LogP contribution in [0.15, 0.2) is 70.7 Å². The third-order valence-electron chi connectivity index (χ3n) is 8.25. The van der Waals surface area contributed by atoms with Crippen LogP contribution >= 0.6 is 34.7 Å². The van der Waals surface area contributed by atoms with Crippen molar-refractivity contribution < 1.29 is 24.2 Å². The Hall–Kier alpha value is -4.39. The van der Waals surface area contributed by atoms with E-state index in [1.54, 1.807) is 18.2 Å². The molecule has 13 heteroatoms. The van der Waals surface area contributed by atoms with Gasteiger partial charge in [0.25, 0.3) is 5.78 Å². The number of aryl methyl sites for hydroxylation is 2. The molecule has 1 aliphatic heterocycles. The number of rotatable bonds is 13. The number of carbonyl (C=O) groups excluding carboxylic acids is 2. The zero-order chi connectivity index (χ0) is 34.7. The first-order valence-corrected chi connectivity index (χ1v) is 18.3. The van der Waals surface area contributed by atoms with Gasteiger partial charge in [0, 0.05) is 17.0 Å². The molecular formula is C36H36ClN5O5S2. The molecule has 254 valence electrons. The minimum atomic E-state index is -1.05. The number of benzene rings is 2. The molecule has 6 rings (SSSR count). The summed E-state index contributed by atoms with van der Waals surface area (Å²) in [6.45, 7) is 8.63. The second-order valence-corrected chi connectivity index (χ2v) is 14.1. The van der Waals surface area contributed by atoms with Crippen LogP contribution in [-0.4, -0.2) is 49.6 Å². The molecule has 5 aromatic rings. The van der Waals surface area contributed by atoms with Crippen LogP contribution in [0, 0.1) is 13.8 Å². The SMILES string of the molecule is CCCCCOc1ccc(C2C(=C(O)c3nc4c(C)cccn4c3C)C(=O)C(=O)N2c2nnc(SCc3ccccc3Cl)s2)cc1OCC. The number of aliphatic hydroxyl groups excluding tert-OH is 1. The molecule has 1 atom stereocenters. The summed E-state index contributed by atoms with van der Waals surface area (Å²) in [5.74, 6) is -0.494. The summed E-state index contributed by atoms with van der Waals surface area (Å²) in [6, 6.07) is 15.6. The molecular weight excluding hydrogens is 682 g/mol. The fraction of sp³-hybridized carbons (Fsp3) is 0.306. The molecule has 2 aromatic carbocycles. The number of thioether (sulfide) groups is 1. The summed E-state index contributed by atoms with van der Waals surface area (Å²) in [4.78, 5) is 33.9. The molecule has 1 aliphatic rings. The molecule has 1 fully saturated rings. The number of amides is 1.